The molecule has 0 aromatic heterocycles. The average molecular weight is 252 g/mol. The first kappa shape index (κ1) is 14.0. The molecule has 6 heteroatoms. The van der Waals surface area contributed by atoms with Gasteiger partial charge in [0.15, 0.2) is 5.75 Å². The highest BCUT2D eigenvalue weighted by Crippen LogP contribution is 2.26. The average Bonchev–Trinajstić information content (AvgIpc) is 2.34. The van der Waals surface area contributed by atoms with E-state index in [0.29, 0.717) is 0 Å². The number of nitrogens with one attached hydrogen (secondary N) is 1. The van der Waals surface area contributed by atoms with E-state index in [-0.39, 0.29) is 17.5 Å². The van der Waals surface area contributed by atoms with E-state index >= 15 is 0 Å². The van der Waals surface area contributed by atoms with Crippen molar-refractivity contribution in [3.63, 3.8) is 0 Å². The summed E-state index contributed by atoms with van der Waals surface area (Å²) in [6.07, 6.45) is 1.61. The zero-order valence-corrected chi connectivity index (χ0v) is 10.3. The number of phenols is 1. The zero-order valence-electron chi connectivity index (χ0n) is 10.3. The number of nitrogens with zero attached hydrogens (tertiary/aromatic N) is 1. The Hall–Kier alpha value is -2.11. The molecule has 18 heavy (non-hydrogen) atoms. The Morgan fingerprint density at radius 2 is 2.06 bits per heavy atom. The van der Waals surface area contributed by atoms with Crippen LogP contribution >= 0.6 is 0 Å². The summed E-state index contributed by atoms with van der Waals surface area (Å²) in [4.78, 5) is 21.6. The third-order valence-electron chi connectivity index (χ3n) is 2.76. The van der Waals surface area contributed by atoms with Gasteiger partial charge in [-0.25, -0.2) is 0 Å². The van der Waals surface area contributed by atoms with Gasteiger partial charge in [0.25, 0.3) is 5.91 Å². The van der Waals surface area contributed by atoms with Crippen LogP contribution in [0, 0.1) is 10.1 Å². The first-order chi connectivity index (χ1) is 8.49. The highest BCUT2D eigenvalue weighted by Gasteiger charge is 2.17. The number of phenolic OH excluding ortho intramolecular Hbond substituents is 1. The molecule has 1 rings (SSSR count). The maximum atomic E-state index is 11.8. The number of nitro groups is 1. The topological polar surface area (TPSA) is 92.5 Å². The van der Waals surface area contributed by atoms with Crippen molar-refractivity contribution in [3.8, 4) is 5.75 Å². The summed E-state index contributed by atoms with van der Waals surface area (Å²) in [6, 6.07) is 3.62. The lowest BCUT2D eigenvalue weighted by atomic mass is 10.1. The number of carbonyl (C=O) groups is 1. The summed E-state index contributed by atoms with van der Waals surface area (Å²) in [5.74, 6) is -0.842. The van der Waals surface area contributed by atoms with Crippen LogP contribution in [-0.2, 0) is 0 Å². The minimum Gasteiger partial charge on any atom is -0.502 e. The predicted octanol–water partition coefficient (Wildman–Crippen LogP) is 2.22. The van der Waals surface area contributed by atoms with Gasteiger partial charge in [0.2, 0.25) is 0 Å². The smallest absolute Gasteiger partial charge is 0.310 e. The van der Waals surface area contributed by atoms with Gasteiger partial charge >= 0.3 is 5.69 Å². The van der Waals surface area contributed by atoms with E-state index < -0.39 is 16.4 Å². The molecule has 0 spiro atoms. The highest BCUT2D eigenvalue weighted by molar-refractivity contribution is 5.95. The van der Waals surface area contributed by atoms with Crippen LogP contribution in [0.1, 0.15) is 37.0 Å². The molecule has 1 aromatic rings. The number of aromatic hydroxyl groups is 1. The molecule has 0 atom stereocenters. The Balaban J connectivity index is 2.88. The molecule has 0 unspecified atom stereocenters. The van der Waals surface area contributed by atoms with Gasteiger partial charge in [0.1, 0.15) is 0 Å². The van der Waals surface area contributed by atoms with E-state index in [1.807, 2.05) is 13.8 Å². The van der Waals surface area contributed by atoms with Crippen LogP contribution in [0.4, 0.5) is 5.69 Å². The largest absolute Gasteiger partial charge is 0.502 e. The molecule has 0 heterocycles. The molecule has 6 nitrogen and oxygen atoms in total. The molecule has 1 amide bonds. The van der Waals surface area contributed by atoms with Gasteiger partial charge in [-0.1, -0.05) is 13.8 Å². The van der Waals surface area contributed by atoms with E-state index in [2.05, 4.69) is 5.32 Å². The molecular formula is C12H16N2O4. The van der Waals surface area contributed by atoms with Crippen molar-refractivity contribution in [2.75, 3.05) is 0 Å². The molecule has 0 fully saturated rings. The summed E-state index contributed by atoms with van der Waals surface area (Å²) in [6.45, 7) is 3.92. The van der Waals surface area contributed by atoms with E-state index in [1.54, 1.807) is 0 Å². The van der Waals surface area contributed by atoms with Crippen molar-refractivity contribution in [1.82, 2.24) is 5.32 Å². The first-order valence-electron chi connectivity index (χ1n) is 5.77. The molecular weight excluding hydrogens is 236 g/mol. The summed E-state index contributed by atoms with van der Waals surface area (Å²) < 4.78 is 0. The van der Waals surface area contributed by atoms with Gasteiger partial charge in [0.05, 0.1) is 4.92 Å². The van der Waals surface area contributed by atoms with E-state index in [4.69, 9.17) is 0 Å². The normalized spacial score (nSPS) is 10.4. The predicted molar refractivity (Wildman–Crippen MR) is 66.6 cm³/mol. The minimum absolute atomic E-state index is 0.0647. The van der Waals surface area contributed by atoms with Gasteiger partial charge in [-0.2, -0.15) is 0 Å². The molecule has 0 aliphatic heterocycles. The number of hydrogen-bond acceptors (Lipinski definition) is 4. The Kier molecular flexibility index (Phi) is 4.65. The van der Waals surface area contributed by atoms with Crippen molar-refractivity contribution in [3.05, 3.63) is 33.9 Å². The van der Waals surface area contributed by atoms with Gasteiger partial charge < -0.3 is 10.4 Å². The molecule has 98 valence electrons. The molecule has 0 saturated heterocycles. The van der Waals surface area contributed by atoms with E-state index in [9.17, 15) is 20.0 Å². The summed E-state index contributed by atoms with van der Waals surface area (Å²) in [5, 5.41) is 22.7. The van der Waals surface area contributed by atoms with Crippen LogP contribution in [0.15, 0.2) is 18.2 Å². The lowest BCUT2D eigenvalue weighted by Crippen LogP contribution is -2.33. The quantitative estimate of drug-likeness (QED) is 0.620. The SMILES string of the molecule is CCC(CC)NC(=O)c1ccc([N+](=O)[O-])c(O)c1. The molecule has 0 aliphatic rings. The lowest BCUT2D eigenvalue weighted by Gasteiger charge is -2.14. The Bertz CT molecular complexity index is 455. The lowest BCUT2D eigenvalue weighted by molar-refractivity contribution is -0.385. The number of hydrogen-bond donors (Lipinski definition) is 2. The van der Waals surface area contributed by atoms with Gasteiger partial charge in [-0.15, -0.1) is 0 Å². The molecule has 1 aromatic carbocycles. The monoisotopic (exact) mass is 252 g/mol. The number of nitro benzene ring substituents is 1. The number of carbonyl (C=O) groups excluding carboxylic acids is 1. The van der Waals surface area contributed by atoms with Crippen LogP contribution in [0.25, 0.3) is 0 Å². The summed E-state index contributed by atoms with van der Waals surface area (Å²) >= 11 is 0. The van der Waals surface area contributed by atoms with Gasteiger partial charge in [-0.05, 0) is 25.0 Å². The van der Waals surface area contributed by atoms with Crippen LogP contribution in [0.2, 0.25) is 0 Å². The molecule has 0 bridgehead atoms. The molecule has 0 radical (unpaired) electrons. The maximum absolute atomic E-state index is 11.8. The fourth-order valence-corrected chi connectivity index (χ4v) is 1.58. The van der Waals surface area contributed by atoms with Crippen molar-refractivity contribution in [1.29, 1.82) is 0 Å². The second kappa shape index (κ2) is 6.00. The molecule has 0 saturated carbocycles. The Labute approximate surface area is 105 Å². The molecule has 0 aliphatic carbocycles. The van der Waals surface area contributed by atoms with Crippen molar-refractivity contribution in [2.45, 2.75) is 32.7 Å². The first-order valence-corrected chi connectivity index (χ1v) is 5.77. The van der Waals surface area contributed by atoms with Crippen LogP contribution in [0.3, 0.4) is 0 Å². The maximum Gasteiger partial charge on any atom is 0.310 e. The third-order valence-corrected chi connectivity index (χ3v) is 2.76. The van der Waals surface area contributed by atoms with Gasteiger partial charge in [-0.3, -0.25) is 14.9 Å². The summed E-state index contributed by atoms with van der Waals surface area (Å²) in [7, 11) is 0. The zero-order chi connectivity index (χ0) is 13.7. The fourth-order valence-electron chi connectivity index (χ4n) is 1.58. The standard InChI is InChI=1S/C12H16N2O4/c1-3-9(4-2)13-12(16)8-5-6-10(14(17)18)11(15)7-8/h5-7,9,15H,3-4H2,1-2H3,(H,13,16). The van der Waals surface area contributed by atoms with Gasteiger partial charge in [0, 0.05) is 17.7 Å². The fraction of sp³-hybridized carbons (Fsp3) is 0.417. The number of rotatable bonds is 5. The van der Waals surface area contributed by atoms with Crippen LogP contribution in [0.5, 0.6) is 5.75 Å². The van der Waals surface area contributed by atoms with E-state index in [0.717, 1.165) is 25.0 Å². The van der Waals surface area contributed by atoms with Crippen molar-refractivity contribution >= 4 is 11.6 Å². The molecule has 2 N–H and O–H groups in total. The highest BCUT2D eigenvalue weighted by atomic mass is 16.6. The second-order valence-corrected chi connectivity index (χ2v) is 3.95. The minimum atomic E-state index is -0.697. The Morgan fingerprint density at radius 3 is 2.50 bits per heavy atom. The van der Waals surface area contributed by atoms with Crippen LogP contribution in [-0.4, -0.2) is 22.0 Å². The number of amides is 1. The third kappa shape index (κ3) is 3.19. The van der Waals surface area contributed by atoms with Crippen LogP contribution < -0.4 is 5.32 Å². The number of benzene rings is 1. The van der Waals surface area contributed by atoms with Crippen molar-refractivity contribution < 1.29 is 14.8 Å². The van der Waals surface area contributed by atoms with E-state index in [1.165, 1.54) is 6.07 Å². The Morgan fingerprint density at radius 1 is 1.44 bits per heavy atom. The second-order valence-electron chi connectivity index (χ2n) is 3.95. The van der Waals surface area contributed by atoms with Crippen molar-refractivity contribution in [2.24, 2.45) is 0 Å². The summed E-state index contributed by atoms with van der Waals surface area (Å²) in [5.41, 5.74) is -0.195.